The van der Waals surface area contributed by atoms with Gasteiger partial charge in [-0.05, 0) is 79.7 Å². The first-order chi connectivity index (χ1) is 20.0. The molecule has 0 radical (unpaired) electrons. The van der Waals surface area contributed by atoms with Gasteiger partial charge in [-0.1, -0.05) is 63.4 Å². The Kier molecular flexibility index (Phi) is 10.6. The molecule has 3 aromatic carbocycles. The maximum Gasteiger partial charge on any atom is 0.226 e. The number of benzene rings is 3. The van der Waals surface area contributed by atoms with Crippen molar-refractivity contribution in [1.82, 2.24) is 19.8 Å². The standard InChI is InChI=1S/C31H29BrCl2N6OS/c1-31(2,38-28(41)14-26-16-36-20-40(26)17-22-8-6-21(15-35)7-9-22)19-39(18-23-4-3-5-27(33)29(23)34)30(42)37-25-12-10-24(32)11-13-25/h3-13,16,20H,14,17-19H2,1-2H3,(H,37,42)(H,38,41). The summed E-state index contributed by atoms with van der Waals surface area (Å²) in [6.45, 7) is 5.23. The van der Waals surface area contributed by atoms with Gasteiger partial charge in [-0.2, -0.15) is 5.26 Å². The van der Waals surface area contributed by atoms with E-state index in [0.29, 0.717) is 40.4 Å². The van der Waals surface area contributed by atoms with E-state index in [1.165, 1.54) is 0 Å². The van der Waals surface area contributed by atoms with Gasteiger partial charge >= 0.3 is 0 Å². The molecule has 11 heteroatoms. The Balaban J connectivity index is 1.46. The zero-order valence-electron chi connectivity index (χ0n) is 23.1. The molecule has 1 aromatic heterocycles. The van der Waals surface area contributed by atoms with Crippen LogP contribution in [0.5, 0.6) is 0 Å². The van der Waals surface area contributed by atoms with Crippen LogP contribution >= 0.6 is 51.3 Å². The largest absolute Gasteiger partial charge is 0.349 e. The first kappa shape index (κ1) is 31.5. The van der Waals surface area contributed by atoms with Crippen LogP contribution in [0.2, 0.25) is 10.0 Å². The van der Waals surface area contributed by atoms with Crippen molar-refractivity contribution in [1.29, 1.82) is 5.26 Å². The highest BCUT2D eigenvalue weighted by Gasteiger charge is 2.27. The van der Waals surface area contributed by atoms with Crippen LogP contribution in [-0.2, 0) is 24.3 Å². The fourth-order valence-corrected chi connectivity index (χ4v) is 5.32. The lowest BCUT2D eigenvalue weighted by molar-refractivity contribution is -0.122. The smallest absolute Gasteiger partial charge is 0.226 e. The lowest BCUT2D eigenvalue weighted by Crippen LogP contribution is -2.53. The summed E-state index contributed by atoms with van der Waals surface area (Å²) in [5.74, 6) is -0.144. The third-order valence-corrected chi connectivity index (χ3v) is 8.16. The van der Waals surface area contributed by atoms with Crippen LogP contribution in [0.1, 0.15) is 36.2 Å². The molecule has 4 aromatic rings. The molecular formula is C31H29BrCl2N6OS. The normalized spacial score (nSPS) is 11.0. The van der Waals surface area contributed by atoms with Crippen molar-refractivity contribution < 1.29 is 4.79 Å². The number of hydrogen-bond donors (Lipinski definition) is 2. The molecule has 7 nitrogen and oxygen atoms in total. The van der Waals surface area contributed by atoms with Crippen molar-refractivity contribution >= 4 is 68.1 Å². The van der Waals surface area contributed by atoms with Crippen molar-refractivity contribution in [2.75, 3.05) is 11.9 Å². The number of nitrogens with one attached hydrogen (secondary N) is 2. The molecular weight excluding hydrogens is 655 g/mol. The van der Waals surface area contributed by atoms with Gasteiger partial charge in [0.1, 0.15) is 0 Å². The average molecular weight is 684 g/mol. The Morgan fingerprint density at radius 2 is 1.83 bits per heavy atom. The van der Waals surface area contributed by atoms with E-state index in [4.69, 9.17) is 40.7 Å². The van der Waals surface area contributed by atoms with Gasteiger partial charge < -0.3 is 20.1 Å². The predicted octanol–water partition coefficient (Wildman–Crippen LogP) is 7.21. The summed E-state index contributed by atoms with van der Waals surface area (Å²) >= 11 is 22.1. The molecule has 0 saturated heterocycles. The number of hydrogen-bond acceptors (Lipinski definition) is 4. The van der Waals surface area contributed by atoms with E-state index >= 15 is 0 Å². The minimum Gasteiger partial charge on any atom is -0.349 e. The van der Waals surface area contributed by atoms with Gasteiger partial charge in [0.05, 0.1) is 40.0 Å². The van der Waals surface area contributed by atoms with Crippen LogP contribution in [0, 0.1) is 11.3 Å². The quantitative estimate of drug-likeness (QED) is 0.172. The molecule has 0 aliphatic rings. The molecule has 1 heterocycles. The van der Waals surface area contributed by atoms with Crippen molar-refractivity contribution in [3.63, 3.8) is 0 Å². The van der Waals surface area contributed by atoms with Crippen LogP contribution in [0.4, 0.5) is 5.69 Å². The van der Waals surface area contributed by atoms with Gasteiger partial charge in [-0.15, -0.1) is 0 Å². The predicted molar refractivity (Wildman–Crippen MR) is 176 cm³/mol. The van der Waals surface area contributed by atoms with Gasteiger partial charge in [0.25, 0.3) is 0 Å². The number of nitriles is 1. The molecule has 0 atom stereocenters. The van der Waals surface area contributed by atoms with Crippen molar-refractivity contribution in [3.8, 4) is 6.07 Å². The Hall–Kier alpha value is -3.42. The summed E-state index contributed by atoms with van der Waals surface area (Å²) in [6, 6.07) is 22.7. The number of anilines is 1. The summed E-state index contributed by atoms with van der Waals surface area (Å²) in [5.41, 5.74) is 3.38. The van der Waals surface area contributed by atoms with Gasteiger partial charge in [0.2, 0.25) is 5.91 Å². The molecule has 1 amide bonds. The number of nitrogens with zero attached hydrogens (tertiary/aromatic N) is 4. The number of halogens is 3. The number of thiocarbonyl (C=S) groups is 1. The average Bonchev–Trinajstić information content (AvgIpc) is 3.37. The summed E-state index contributed by atoms with van der Waals surface area (Å²) in [6.07, 6.45) is 3.55. The zero-order valence-corrected chi connectivity index (χ0v) is 27.0. The van der Waals surface area contributed by atoms with E-state index in [0.717, 1.165) is 27.0 Å². The number of carbonyl (C=O) groups is 1. The molecule has 0 unspecified atom stereocenters. The Morgan fingerprint density at radius 1 is 1.12 bits per heavy atom. The lowest BCUT2D eigenvalue weighted by atomic mass is 10.0. The van der Waals surface area contributed by atoms with Gasteiger partial charge in [-0.25, -0.2) is 4.98 Å². The molecule has 0 spiro atoms. The lowest BCUT2D eigenvalue weighted by Gasteiger charge is -2.35. The van der Waals surface area contributed by atoms with Crippen LogP contribution < -0.4 is 10.6 Å². The second-order valence-electron chi connectivity index (χ2n) is 10.4. The minimum absolute atomic E-state index is 0.144. The Labute approximate surface area is 269 Å². The van der Waals surface area contributed by atoms with E-state index in [1.54, 1.807) is 30.7 Å². The maximum absolute atomic E-state index is 13.2. The molecule has 216 valence electrons. The van der Waals surface area contributed by atoms with E-state index in [2.05, 4.69) is 37.6 Å². The Bertz CT molecular complexity index is 1600. The summed E-state index contributed by atoms with van der Waals surface area (Å²) in [5, 5.41) is 16.9. The number of carbonyl (C=O) groups excluding carboxylic acids is 1. The van der Waals surface area contributed by atoms with Crippen molar-refractivity contribution in [2.45, 2.75) is 38.9 Å². The number of aromatic nitrogens is 2. The van der Waals surface area contributed by atoms with Crippen molar-refractivity contribution in [3.05, 3.63) is 116 Å². The fraction of sp³-hybridized carbons (Fsp3) is 0.226. The number of rotatable bonds is 10. The summed E-state index contributed by atoms with van der Waals surface area (Å²) < 4.78 is 2.89. The molecule has 42 heavy (non-hydrogen) atoms. The van der Waals surface area contributed by atoms with Crippen LogP contribution in [-0.4, -0.2) is 37.6 Å². The molecule has 4 rings (SSSR count). The minimum atomic E-state index is -0.661. The van der Waals surface area contributed by atoms with Gasteiger partial charge in [0.15, 0.2) is 5.11 Å². The van der Waals surface area contributed by atoms with E-state index in [1.807, 2.05) is 71.8 Å². The highest BCUT2D eigenvalue weighted by molar-refractivity contribution is 9.10. The highest BCUT2D eigenvalue weighted by Crippen LogP contribution is 2.27. The molecule has 0 saturated carbocycles. The molecule has 0 bridgehead atoms. The van der Waals surface area contributed by atoms with E-state index in [9.17, 15) is 4.79 Å². The van der Waals surface area contributed by atoms with Crippen LogP contribution in [0.15, 0.2) is 83.7 Å². The third-order valence-electron chi connectivity index (χ3n) is 6.42. The molecule has 0 aliphatic carbocycles. The van der Waals surface area contributed by atoms with E-state index in [-0.39, 0.29) is 12.3 Å². The molecule has 0 aliphatic heterocycles. The number of amides is 1. The second kappa shape index (κ2) is 14.2. The Morgan fingerprint density at radius 3 is 2.52 bits per heavy atom. The first-order valence-corrected chi connectivity index (χ1v) is 15.0. The number of imidazole rings is 1. The van der Waals surface area contributed by atoms with Crippen LogP contribution in [0.25, 0.3) is 0 Å². The third kappa shape index (κ3) is 8.79. The van der Waals surface area contributed by atoms with Crippen LogP contribution in [0.3, 0.4) is 0 Å². The maximum atomic E-state index is 13.2. The van der Waals surface area contributed by atoms with Crippen molar-refractivity contribution in [2.24, 2.45) is 0 Å². The molecule has 0 fully saturated rings. The fourth-order valence-electron chi connectivity index (χ4n) is 4.43. The molecule has 2 N–H and O–H groups in total. The van der Waals surface area contributed by atoms with Gasteiger partial charge in [0, 0.05) is 41.7 Å². The van der Waals surface area contributed by atoms with Gasteiger partial charge in [-0.3, -0.25) is 4.79 Å². The zero-order chi connectivity index (χ0) is 30.3. The summed E-state index contributed by atoms with van der Waals surface area (Å²) in [4.78, 5) is 19.5. The second-order valence-corrected chi connectivity index (χ2v) is 12.5. The highest BCUT2D eigenvalue weighted by atomic mass is 79.9. The monoisotopic (exact) mass is 682 g/mol. The summed E-state index contributed by atoms with van der Waals surface area (Å²) in [7, 11) is 0. The SMILES string of the molecule is CC(C)(CN(Cc1cccc(Cl)c1Cl)C(=S)Nc1ccc(Br)cc1)NC(=O)Cc1cncn1Cc1ccc(C#N)cc1. The topological polar surface area (TPSA) is 86.0 Å². The first-order valence-electron chi connectivity index (χ1n) is 13.1. The van der Waals surface area contributed by atoms with E-state index < -0.39 is 5.54 Å².